The van der Waals surface area contributed by atoms with Crippen LogP contribution in [0.5, 0.6) is 5.75 Å². The van der Waals surface area contributed by atoms with Crippen molar-refractivity contribution in [2.75, 3.05) is 26.9 Å². The molecule has 114 valence electrons. The van der Waals surface area contributed by atoms with Gasteiger partial charge in [0.1, 0.15) is 5.75 Å². The van der Waals surface area contributed by atoms with Crippen LogP contribution in [-0.2, 0) is 11.2 Å². The van der Waals surface area contributed by atoms with Crippen molar-refractivity contribution >= 4 is 0 Å². The predicted octanol–water partition coefficient (Wildman–Crippen LogP) is 3.42. The Morgan fingerprint density at radius 3 is 2.70 bits per heavy atom. The molecule has 1 rings (SSSR count). The van der Waals surface area contributed by atoms with E-state index < -0.39 is 0 Å². The molecule has 0 aromatic heterocycles. The fourth-order valence-electron chi connectivity index (χ4n) is 2.18. The summed E-state index contributed by atoms with van der Waals surface area (Å²) in [6, 6.07) is 8.80. The highest BCUT2D eigenvalue weighted by Crippen LogP contribution is 2.15. The van der Waals surface area contributed by atoms with Gasteiger partial charge in [0.05, 0.1) is 7.11 Å². The SMILES string of the molecule is CCCNC(CCOCCC)Cc1cccc(OC)c1. The van der Waals surface area contributed by atoms with E-state index in [1.807, 2.05) is 6.07 Å². The molecule has 0 saturated heterocycles. The van der Waals surface area contributed by atoms with Crippen molar-refractivity contribution in [1.29, 1.82) is 0 Å². The van der Waals surface area contributed by atoms with Crippen LogP contribution in [0.25, 0.3) is 0 Å². The zero-order chi connectivity index (χ0) is 14.6. The molecule has 1 aromatic carbocycles. The van der Waals surface area contributed by atoms with Gasteiger partial charge in [-0.15, -0.1) is 0 Å². The van der Waals surface area contributed by atoms with Gasteiger partial charge in [0, 0.05) is 19.3 Å². The van der Waals surface area contributed by atoms with Crippen molar-refractivity contribution in [1.82, 2.24) is 5.32 Å². The Morgan fingerprint density at radius 2 is 2.00 bits per heavy atom. The molecule has 0 aliphatic rings. The maximum Gasteiger partial charge on any atom is 0.119 e. The highest BCUT2D eigenvalue weighted by Gasteiger charge is 2.09. The van der Waals surface area contributed by atoms with Gasteiger partial charge in [-0.3, -0.25) is 0 Å². The summed E-state index contributed by atoms with van der Waals surface area (Å²) >= 11 is 0. The molecule has 0 bridgehead atoms. The highest BCUT2D eigenvalue weighted by atomic mass is 16.5. The number of hydrogen-bond donors (Lipinski definition) is 1. The van der Waals surface area contributed by atoms with Gasteiger partial charge in [-0.25, -0.2) is 0 Å². The van der Waals surface area contributed by atoms with Gasteiger partial charge in [-0.2, -0.15) is 0 Å². The molecule has 0 amide bonds. The summed E-state index contributed by atoms with van der Waals surface area (Å²) in [5, 5.41) is 3.61. The third-order valence-electron chi connectivity index (χ3n) is 3.26. The fraction of sp³-hybridized carbons (Fsp3) is 0.647. The monoisotopic (exact) mass is 279 g/mol. The van der Waals surface area contributed by atoms with Crippen LogP contribution in [0.3, 0.4) is 0 Å². The minimum absolute atomic E-state index is 0.471. The van der Waals surface area contributed by atoms with Gasteiger partial charge in [-0.05, 0) is 49.9 Å². The first-order valence-electron chi connectivity index (χ1n) is 7.74. The lowest BCUT2D eigenvalue weighted by Crippen LogP contribution is -2.33. The molecule has 0 aliphatic heterocycles. The number of ether oxygens (including phenoxy) is 2. The van der Waals surface area contributed by atoms with E-state index in [0.717, 1.165) is 51.2 Å². The minimum Gasteiger partial charge on any atom is -0.497 e. The van der Waals surface area contributed by atoms with Crippen LogP contribution in [0.2, 0.25) is 0 Å². The predicted molar refractivity (Wildman–Crippen MR) is 84.5 cm³/mol. The molecule has 20 heavy (non-hydrogen) atoms. The van der Waals surface area contributed by atoms with E-state index in [4.69, 9.17) is 9.47 Å². The topological polar surface area (TPSA) is 30.5 Å². The van der Waals surface area contributed by atoms with Gasteiger partial charge in [0.15, 0.2) is 0 Å². The van der Waals surface area contributed by atoms with Crippen molar-refractivity contribution in [2.24, 2.45) is 0 Å². The Balaban J connectivity index is 2.48. The van der Waals surface area contributed by atoms with Crippen LogP contribution in [-0.4, -0.2) is 32.9 Å². The molecule has 0 radical (unpaired) electrons. The molecular formula is C17H29NO2. The smallest absolute Gasteiger partial charge is 0.119 e. The van der Waals surface area contributed by atoms with Crippen LogP contribution < -0.4 is 10.1 Å². The van der Waals surface area contributed by atoms with Gasteiger partial charge < -0.3 is 14.8 Å². The number of nitrogens with one attached hydrogen (secondary N) is 1. The summed E-state index contributed by atoms with van der Waals surface area (Å²) in [5.74, 6) is 0.930. The molecule has 0 saturated carbocycles. The van der Waals surface area contributed by atoms with Gasteiger partial charge >= 0.3 is 0 Å². The Morgan fingerprint density at radius 1 is 1.15 bits per heavy atom. The average molecular weight is 279 g/mol. The van der Waals surface area contributed by atoms with Crippen molar-refractivity contribution in [3.05, 3.63) is 29.8 Å². The molecule has 0 aliphatic carbocycles. The lowest BCUT2D eigenvalue weighted by atomic mass is 10.0. The third-order valence-corrected chi connectivity index (χ3v) is 3.26. The molecule has 0 fully saturated rings. The van der Waals surface area contributed by atoms with E-state index in [2.05, 4.69) is 37.4 Å². The maximum atomic E-state index is 5.61. The lowest BCUT2D eigenvalue weighted by Gasteiger charge is -2.19. The molecule has 1 unspecified atom stereocenters. The first-order valence-corrected chi connectivity index (χ1v) is 7.74. The van der Waals surface area contributed by atoms with Crippen molar-refractivity contribution < 1.29 is 9.47 Å². The first kappa shape index (κ1) is 17.0. The molecule has 0 heterocycles. The molecule has 3 heteroatoms. The van der Waals surface area contributed by atoms with Crippen LogP contribution in [0.4, 0.5) is 0 Å². The molecule has 1 atom stereocenters. The molecular weight excluding hydrogens is 250 g/mol. The summed E-state index contributed by atoms with van der Waals surface area (Å²) in [6.45, 7) is 7.09. The zero-order valence-corrected chi connectivity index (χ0v) is 13.2. The Kier molecular flexibility index (Phi) is 9.09. The van der Waals surface area contributed by atoms with Crippen molar-refractivity contribution in [3.8, 4) is 5.75 Å². The summed E-state index contributed by atoms with van der Waals surface area (Å²) in [5.41, 5.74) is 1.31. The molecule has 0 spiro atoms. The van der Waals surface area contributed by atoms with Gasteiger partial charge in [0.2, 0.25) is 0 Å². The Bertz CT molecular complexity index is 355. The Labute approximate surface area is 123 Å². The summed E-state index contributed by atoms with van der Waals surface area (Å²) in [7, 11) is 1.71. The number of hydrogen-bond acceptors (Lipinski definition) is 3. The molecule has 3 nitrogen and oxygen atoms in total. The minimum atomic E-state index is 0.471. The van der Waals surface area contributed by atoms with E-state index in [1.54, 1.807) is 7.11 Å². The van der Waals surface area contributed by atoms with Crippen LogP contribution in [0.15, 0.2) is 24.3 Å². The van der Waals surface area contributed by atoms with Crippen molar-refractivity contribution in [2.45, 2.75) is 45.6 Å². The van der Waals surface area contributed by atoms with Crippen LogP contribution >= 0.6 is 0 Å². The van der Waals surface area contributed by atoms with Crippen molar-refractivity contribution in [3.63, 3.8) is 0 Å². The number of benzene rings is 1. The zero-order valence-electron chi connectivity index (χ0n) is 13.2. The van der Waals surface area contributed by atoms with E-state index >= 15 is 0 Å². The number of rotatable bonds is 11. The fourth-order valence-corrected chi connectivity index (χ4v) is 2.18. The van der Waals surface area contributed by atoms with E-state index in [1.165, 1.54) is 5.56 Å². The second-order valence-corrected chi connectivity index (χ2v) is 5.11. The number of methoxy groups -OCH3 is 1. The normalized spacial score (nSPS) is 12.3. The Hall–Kier alpha value is -1.06. The molecule has 1 aromatic rings. The quantitative estimate of drug-likeness (QED) is 0.630. The second-order valence-electron chi connectivity index (χ2n) is 5.11. The largest absolute Gasteiger partial charge is 0.497 e. The van der Waals surface area contributed by atoms with Gasteiger partial charge in [0.25, 0.3) is 0 Å². The summed E-state index contributed by atoms with van der Waals surface area (Å²) in [4.78, 5) is 0. The molecule has 1 N–H and O–H groups in total. The summed E-state index contributed by atoms with van der Waals surface area (Å²) < 4.78 is 10.9. The third kappa shape index (κ3) is 6.92. The maximum absolute atomic E-state index is 5.61. The van der Waals surface area contributed by atoms with E-state index in [9.17, 15) is 0 Å². The second kappa shape index (κ2) is 10.7. The van der Waals surface area contributed by atoms with Gasteiger partial charge in [-0.1, -0.05) is 26.0 Å². The van der Waals surface area contributed by atoms with E-state index in [-0.39, 0.29) is 0 Å². The lowest BCUT2D eigenvalue weighted by molar-refractivity contribution is 0.124. The average Bonchev–Trinajstić information content (AvgIpc) is 2.49. The summed E-state index contributed by atoms with van der Waals surface area (Å²) in [6.07, 6.45) is 4.32. The van der Waals surface area contributed by atoms with Crippen LogP contribution in [0.1, 0.15) is 38.7 Å². The standard InChI is InChI=1S/C17H29NO2/c1-4-10-18-16(9-12-20-11-5-2)13-15-7-6-8-17(14-15)19-3/h6-8,14,16,18H,4-5,9-13H2,1-3H3. The van der Waals surface area contributed by atoms with E-state index in [0.29, 0.717) is 6.04 Å². The first-order chi connectivity index (χ1) is 9.80. The highest BCUT2D eigenvalue weighted by molar-refractivity contribution is 5.28. The van der Waals surface area contributed by atoms with Crippen LogP contribution in [0, 0.1) is 0 Å².